The molecule has 0 saturated carbocycles. The molecule has 0 rings (SSSR count). The fourth-order valence-electron chi connectivity index (χ4n) is 0. The average molecular weight is 248 g/mol. The van der Waals surface area contributed by atoms with Crippen molar-refractivity contribution < 1.29 is 66.0 Å². The molecule has 0 aromatic heterocycles. The van der Waals surface area contributed by atoms with Gasteiger partial charge in [-0.3, -0.25) is 0 Å². The largest absolute Gasteiger partial charge is 0.412 e. The minimum absolute atomic E-state index is 0. The smallest absolute Gasteiger partial charge is 0 e. The molecule has 2 N–H and O–H groups in total. The third-order valence-corrected chi connectivity index (χ3v) is 0. The van der Waals surface area contributed by atoms with Crippen LogP contribution in [0.25, 0.3) is 0 Å². The molecule has 29 valence electrons. The van der Waals surface area contributed by atoms with Crippen LogP contribution in [0.5, 0.6) is 0 Å². The van der Waals surface area contributed by atoms with Crippen LogP contribution in [0.4, 0.5) is 0 Å². The second-order valence-electron chi connectivity index (χ2n) is 0. The zero-order valence-electron chi connectivity index (χ0n) is 1.86. The van der Waals surface area contributed by atoms with Crippen LogP contribution in [-0.2, 0) is 60.6 Å². The van der Waals surface area contributed by atoms with Gasteiger partial charge in [-0.2, -0.15) is 0 Å². The van der Waals surface area contributed by atoms with Gasteiger partial charge in [0.2, 0.25) is 0 Å². The minimum Gasteiger partial charge on any atom is -0.412 e. The van der Waals surface area contributed by atoms with Crippen molar-refractivity contribution in [3.8, 4) is 0 Å². The molecule has 0 aromatic rings. The molecule has 0 unspecified atom stereocenters. The monoisotopic (exact) mass is 249 g/mol. The molecule has 0 aliphatic heterocycles. The van der Waals surface area contributed by atoms with E-state index in [9.17, 15) is 0 Å². The van der Waals surface area contributed by atoms with Crippen molar-refractivity contribution in [3.63, 3.8) is 0 Å². The van der Waals surface area contributed by atoms with Crippen LogP contribution in [0.1, 0.15) is 0 Å². The van der Waals surface area contributed by atoms with Crippen molar-refractivity contribution in [1.82, 2.24) is 0 Å². The van der Waals surface area contributed by atoms with E-state index in [1.54, 1.807) is 0 Å². The molecule has 4 heavy (non-hydrogen) atoms. The first-order valence-corrected chi connectivity index (χ1v) is 0. The molecule has 1 radical (unpaired) electrons. The van der Waals surface area contributed by atoms with Gasteiger partial charge in [0.05, 0.1) is 0 Å². The minimum atomic E-state index is 0. The van der Waals surface area contributed by atoms with Crippen molar-refractivity contribution in [1.29, 1.82) is 0 Å². The Morgan fingerprint density at radius 2 is 1.00 bits per heavy atom. The predicted molar refractivity (Wildman–Crippen MR) is 3.61 cm³/mol. The fourth-order valence-corrected chi connectivity index (χ4v) is 0. The second-order valence-corrected chi connectivity index (χ2v) is 0. The van der Waals surface area contributed by atoms with Crippen LogP contribution in [0.2, 0.25) is 0 Å². The maximum Gasteiger partial charge on any atom is 0 e. The van der Waals surface area contributed by atoms with Crippen LogP contribution in [0.15, 0.2) is 0 Å². The van der Waals surface area contributed by atoms with Crippen LogP contribution in [0.3, 0.4) is 0 Å². The quantitative estimate of drug-likeness (QED) is 0.501. The summed E-state index contributed by atoms with van der Waals surface area (Å²) in [4.78, 5) is 0. The standard InChI is InChI=1S/Cd.Co.Ni.H2O/h;;;1H2. The Bertz CT molecular complexity index is 8.00. The maximum absolute atomic E-state index is 0. The van der Waals surface area contributed by atoms with E-state index in [2.05, 4.69) is 0 Å². The summed E-state index contributed by atoms with van der Waals surface area (Å²) >= 11 is 0. The normalized spacial score (nSPS) is 0. The molecular formula is H2CdCoNiO. The summed E-state index contributed by atoms with van der Waals surface area (Å²) in [6.45, 7) is 0. The topological polar surface area (TPSA) is 31.5 Å². The summed E-state index contributed by atoms with van der Waals surface area (Å²) in [6.07, 6.45) is 0. The summed E-state index contributed by atoms with van der Waals surface area (Å²) < 4.78 is 0. The van der Waals surface area contributed by atoms with Gasteiger partial charge in [-0.1, -0.05) is 0 Å². The zero-order chi connectivity index (χ0) is 0. The van der Waals surface area contributed by atoms with Crippen LogP contribution < -0.4 is 0 Å². The Morgan fingerprint density at radius 1 is 1.00 bits per heavy atom. The summed E-state index contributed by atoms with van der Waals surface area (Å²) in [5.74, 6) is 0. The predicted octanol–water partition coefficient (Wildman–Crippen LogP) is -0.832. The molecule has 0 fully saturated rings. The molecular weight excluding hydrogens is 246 g/mol. The SMILES string of the molecule is O.[Cd].[Co].[Ni]. The number of hydrogen-bond donors (Lipinski definition) is 0. The molecule has 0 amide bonds. The molecule has 0 aliphatic rings. The van der Waals surface area contributed by atoms with Crippen molar-refractivity contribution in [2.24, 2.45) is 0 Å². The molecule has 0 saturated heterocycles. The Morgan fingerprint density at radius 3 is 1.00 bits per heavy atom. The van der Waals surface area contributed by atoms with Crippen LogP contribution >= 0.6 is 0 Å². The number of rotatable bonds is 0. The van der Waals surface area contributed by atoms with Gasteiger partial charge in [-0.15, -0.1) is 0 Å². The van der Waals surface area contributed by atoms with E-state index in [1.165, 1.54) is 0 Å². The molecule has 0 spiro atoms. The van der Waals surface area contributed by atoms with Gasteiger partial charge >= 0.3 is 0 Å². The van der Waals surface area contributed by atoms with Gasteiger partial charge in [0, 0.05) is 60.6 Å². The van der Waals surface area contributed by atoms with E-state index in [-0.39, 0.29) is 66.0 Å². The van der Waals surface area contributed by atoms with E-state index in [1.807, 2.05) is 0 Å². The van der Waals surface area contributed by atoms with Gasteiger partial charge in [-0.05, 0) is 0 Å². The molecule has 0 atom stereocenters. The first kappa shape index (κ1) is 39.6. The van der Waals surface area contributed by atoms with Gasteiger partial charge < -0.3 is 5.48 Å². The van der Waals surface area contributed by atoms with E-state index in [0.717, 1.165) is 0 Å². The summed E-state index contributed by atoms with van der Waals surface area (Å²) in [5.41, 5.74) is 0. The summed E-state index contributed by atoms with van der Waals surface area (Å²) in [5, 5.41) is 0. The third kappa shape index (κ3) is 9.10. The summed E-state index contributed by atoms with van der Waals surface area (Å²) in [6, 6.07) is 0. The van der Waals surface area contributed by atoms with E-state index in [4.69, 9.17) is 0 Å². The third-order valence-electron chi connectivity index (χ3n) is 0. The molecule has 0 aliphatic carbocycles. The average Bonchev–Trinajstić information content (AvgIpc) is 0. The van der Waals surface area contributed by atoms with Gasteiger partial charge in [-0.25, -0.2) is 0 Å². The number of hydrogen-bond acceptors (Lipinski definition) is 0. The second kappa shape index (κ2) is 20.8. The Kier molecular flexibility index (Phi) is 206. The Balaban J connectivity index is 0. The molecule has 1 nitrogen and oxygen atoms in total. The van der Waals surface area contributed by atoms with E-state index in [0.29, 0.717) is 0 Å². The summed E-state index contributed by atoms with van der Waals surface area (Å²) in [7, 11) is 0. The van der Waals surface area contributed by atoms with Crippen LogP contribution in [-0.4, -0.2) is 5.48 Å². The van der Waals surface area contributed by atoms with E-state index >= 15 is 0 Å². The van der Waals surface area contributed by atoms with Gasteiger partial charge in [0.15, 0.2) is 0 Å². The Labute approximate surface area is 65.5 Å². The first-order chi connectivity index (χ1) is 0. The van der Waals surface area contributed by atoms with Gasteiger partial charge in [0.1, 0.15) is 0 Å². The van der Waals surface area contributed by atoms with Crippen molar-refractivity contribution in [2.75, 3.05) is 0 Å². The fraction of sp³-hybridized carbons (Fsp3) is 0. The van der Waals surface area contributed by atoms with Crippen molar-refractivity contribution in [3.05, 3.63) is 0 Å². The van der Waals surface area contributed by atoms with E-state index < -0.39 is 0 Å². The Hall–Kier alpha value is 1.88. The van der Waals surface area contributed by atoms with Crippen LogP contribution in [0, 0.1) is 0 Å². The van der Waals surface area contributed by atoms with Crippen molar-refractivity contribution in [2.45, 2.75) is 0 Å². The molecule has 0 aromatic carbocycles. The van der Waals surface area contributed by atoms with Crippen molar-refractivity contribution >= 4 is 0 Å². The molecule has 0 heterocycles. The van der Waals surface area contributed by atoms with Gasteiger partial charge in [0.25, 0.3) is 0 Å². The molecule has 0 bridgehead atoms. The molecule has 4 heteroatoms. The maximum atomic E-state index is 0. The zero-order valence-corrected chi connectivity index (χ0v) is 7.92. The first-order valence-electron chi connectivity index (χ1n) is 0.